The second kappa shape index (κ2) is 306. The first-order chi connectivity index (χ1) is 4.74. The van der Waals surface area contributed by atoms with Crippen molar-refractivity contribution in [2.45, 2.75) is 44.6 Å². The highest BCUT2D eigenvalue weighted by Crippen LogP contribution is 1.39. The smallest absolute Gasteiger partial charge is 0.231 e. The molecule has 0 aliphatic carbocycles. The van der Waals surface area contributed by atoms with Gasteiger partial charge in [0.1, 0.15) is 0 Å². The fourth-order valence-electron chi connectivity index (χ4n) is 0. The van der Waals surface area contributed by atoms with Crippen molar-refractivity contribution in [1.82, 2.24) is 0 Å². The molecule has 0 aromatic carbocycles. The largest absolute Gasteiger partial charge is 0.394 e. The first-order valence-corrected chi connectivity index (χ1v) is 2.04. The monoisotopic (exact) mass is 244 g/mol. The van der Waals surface area contributed by atoms with Gasteiger partial charge in [-0.15, -0.1) is 0 Å². The van der Waals surface area contributed by atoms with Crippen LogP contribution in [-0.2, 0) is 9.59 Å². The molecule has 0 saturated heterocycles. The molecule has 0 saturated carbocycles. The van der Waals surface area contributed by atoms with Gasteiger partial charge in [0.2, 0.25) is 12.2 Å². The van der Waals surface area contributed by atoms with Gasteiger partial charge in [0.05, 0.1) is 13.2 Å². The maximum absolute atomic E-state index is 8.35. The van der Waals surface area contributed by atoms with Gasteiger partial charge in [0.25, 0.3) is 0 Å². The van der Waals surface area contributed by atoms with E-state index in [1.54, 1.807) is 0 Å². The van der Waals surface area contributed by atoms with Crippen molar-refractivity contribution in [2.75, 3.05) is 13.2 Å². The summed E-state index contributed by atoms with van der Waals surface area (Å²) in [7, 11) is 0. The van der Waals surface area contributed by atoms with Gasteiger partial charge in [-0.1, -0.05) is 44.6 Å². The van der Waals surface area contributed by atoms with Crippen LogP contribution in [0.25, 0.3) is 0 Å². The Hall–Kier alpha value is -1.32. The number of isocyanates is 2. The first kappa shape index (κ1) is 85.2. The molecular weight excluding hydrogens is 212 g/mol. The molecule has 0 aromatic heterocycles. The van der Waals surface area contributed by atoms with E-state index in [-0.39, 0.29) is 57.8 Å². The molecule has 0 bridgehead atoms. The molecule has 0 amide bonds. The van der Waals surface area contributed by atoms with Crippen molar-refractivity contribution < 1.29 is 19.8 Å². The molecule has 16 heavy (non-hydrogen) atoms. The van der Waals surface area contributed by atoms with E-state index in [0.717, 1.165) is 12.2 Å². The summed E-state index contributed by atoms with van der Waals surface area (Å²) < 4.78 is 0. The van der Waals surface area contributed by atoms with Crippen LogP contribution < -0.4 is 0 Å². The van der Waals surface area contributed by atoms with Crippen molar-refractivity contribution in [3.8, 4) is 0 Å². The topological polar surface area (TPSA) is 122 Å². The fraction of sp³-hybridized carbons (Fsp3) is 0.800. The summed E-state index contributed by atoms with van der Waals surface area (Å²) in [5, 5.41) is 26.1. The standard InChI is InChI=1S/C2H6O2.2CHNO.6CH4/c3-1-2-4;2*2-1-3;;;;;;/h3-4H,1-2H2;2*2H;6*1H4. The van der Waals surface area contributed by atoms with Crippen molar-refractivity contribution in [2.24, 2.45) is 0 Å². The molecular formula is C10H32N2O4. The second-order valence-electron chi connectivity index (χ2n) is 0.651. The van der Waals surface area contributed by atoms with E-state index in [4.69, 9.17) is 30.6 Å². The molecule has 0 rings (SSSR count). The maximum Gasteiger partial charge on any atom is 0.231 e. The van der Waals surface area contributed by atoms with Gasteiger partial charge in [-0.2, -0.15) is 0 Å². The Morgan fingerprint density at radius 3 is 0.750 bits per heavy atom. The van der Waals surface area contributed by atoms with Crippen LogP contribution in [0.5, 0.6) is 0 Å². The van der Waals surface area contributed by atoms with Crippen LogP contribution in [0.2, 0.25) is 0 Å². The number of hydrogen-bond donors (Lipinski definition) is 4. The van der Waals surface area contributed by atoms with Crippen LogP contribution in [-0.4, -0.2) is 35.6 Å². The van der Waals surface area contributed by atoms with E-state index in [9.17, 15) is 0 Å². The van der Waals surface area contributed by atoms with E-state index in [2.05, 4.69) is 0 Å². The van der Waals surface area contributed by atoms with E-state index >= 15 is 0 Å². The summed E-state index contributed by atoms with van der Waals surface area (Å²) in [6, 6.07) is 0. The highest BCUT2D eigenvalue weighted by molar-refractivity contribution is 5.26. The van der Waals surface area contributed by atoms with Gasteiger partial charge in [-0.05, 0) is 0 Å². The van der Waals surface area contributed by atoms with Crippen LogP contribution in [0, 0.1) is 10.8 Å². The Morgan fingerprint density at radius 2 is 0.750 bits per heavy atom. The summed E-state index contributed by atoms with van der Waals surface area (Å²) in [5.74, 6) is 0. The molecule has 0 fully saturated rings. The Morgan fingerprint density at radius 1 is 0.688 bits per heavy atom. The summed E-state index contributed by atoms with van der Waals surface area (Å²) in [6.45, 7) is -0.250. The highest BCUT2D eigenvalue weighted by Gasteiger charge is 1.58. The lowest BCUT2D eigenvalue weighted by atomic mass is 10.8. The Balaban J connectivity index is -0.00000000558. The Bertz CT molecular complexity index is 93.4. The third kappa shape index (κ3) is 16900. The van der Waals surface area contributed by atoms with Gasteiger partial charge >= 0.3 is 0 Å². The molecule has 0 aliphatic rings. The van der Waals surface area contributed by atoms with E-state index in [1.165, 1.54) is 0 Å². The highest BCUT2D eigenvalue weighted by atomic mass is 16.3. The van der Waals surface area contributed by atoms with Crippen LogP contribution in [0.15, 0.2) is 0 Å². The van der Waals surface area contributed by atoms with Crippen molar-refractivity contribution in [3.63, 3.8) is 0 Å². The summed E-state index contributed by atoms with van der Waals surface area (Å²) in [4.78, 5) is 16.7. The lowest BCUT2D eigenvalue weighted by Gasteiger charge is -1.70. The number of carbonyl (C=O) groups excluding carboxylic acids is 2. The summed E-state index contributed by atoms with van der Waals surface area (Å²) in [6.07, 6.45) is 1.50. The van der Waals surface area contributed by atoms with Crippen molar-refractivity contribution >= 4 is 12.2 Å². The molecule has 6 nitrogen and oxygen atoms in total. The van der Waals surface area contributed by atoms with Crippen molar-refractivity contribution in [3.05, 3.63) is 0 Å². The number of nitrogens with one attached hydrogen (secondary N) is 2. The van der Waals surface area contributed by atoms with Gasteiger partial charge in [0.15, 0.2) is 0 Å². The first-order valence-electron chi connectivity index (χ1n) is 2.04. The predicted molar refractivity (Wildman–Crippen MR) is 71.4 cm³/mol. The average molecular weight is 244 g/mol. The molecule has 0 unspecified atom stereocenters. The zero-order valence-electron chi connectivity index (χ0n) is 5.13. The van der Waals surface area contributed by atoms with Crippen LogP contribution >= 0.6 is 0 Å². The number of aliphatic hydroxyl groups excluding tert-OH is 2. The molecule has 0 atom stereocenters. The van der Waals surface area contributed by atoms with E-state index < -0.39 is 0 Å². The van der Waals surface area contributed by atoms with Crippen molar-refractivity contribution in [1.29, 1.82) is 10.8 Å². The number of rotatable bonds is 1. The summed E-state index contributed by atoms with van der Waals surface area (Å²) in [5.41, 5.74) is 0. The maximum atomic E-state index is 8.35. The van der Waals surface area contributed by atoms with Crippen LogP contribution in [0.4, 0.5) is 0 Å². The molecule has 0 heterocycles. The third-order valence-corrected chi connectivity index (χ3v) is 0.1000. The zero-order valence-corrected chi connectivity index (χ0v) is 5.13. The van der Waals surface area contributed by atoms with Crippen LogP contribution in [0.1, 0.15) is 44.6 Å². The zero-order chi connectivity index (χ0) is 8.83. The second-order valence-corrected chi connectivity index (χ2v) is 0.651. The number of aliphatic hydroxyl groups is 2. The molecule has 6 heteroatoms. The van der Waals surface area contributed by atoms with Crippen LogP contribution in [0.3, 0.4) is 0 Å². The predicted octanol–water partition coefficient (Wildman–Crippen LogP) is 2.59. The van der Waals surface area contributed by atoms with Gasteiger partial charge in [0, 0.05) is 0 Å². The minimum Gasteiger partial charge on any atom is -0.394 e. The molecule has 0 aliphatic heterocycles. The summed E-state index contributed by atoms with van der Waals surface area (Å²) >= 11 is 0. The molecule has 4 N–H and O–H groups in total. The molecule has 106 valence electrons. The Labute approximate surface area is 101 Å². The third-order valence-electron chi connectivity index (χ3n) is 0.1000. The average Bonchev–Trinajstić information content (AvgIpc) is 1.91. The Kier molecular flexibility index (Phi) is 1630. The molecule has 0 spiro atoms. The van der Waals surface area contributed by atoms with Gasteiger partial charge in [-0.3, -0.25) is 0 Å². The lowest BCUT2D eigenvalue weighted by molar-refractivity contribution is 0.186. The van der Waals surface area contributed by atoms with Gasteiger partial charge < -0.3 is 10.2 Å². The van der Waals surface area contributed by atoms with E-state index in [0.29, 0.717) is 0 Å². The van der Waals surface area contributed by atoms with Gasteiger partial charge in [-0.25, -0.2) is 20.4 Å². The lowest BCUT2D eigenvalue weighted by Crippen LogP contribution is -1.85. The fourth-order valence-corrected chi connectivity index (χ4v) is 0. The number of hydrogen-bond acceptors (Lipinski definition) is 6. The van der Waals surface area contributed by atoms with E-state index in [1.807, 2.05) is 0 Å². The molecule has 0 radical (unpaired) electrons. The quantitative estimate of drug-likeness (QED) is 0.418. The molecule has 0 aromatic rings. The normalized spacial score (nSPS) is 2.88. The SMILES string of the molecule is C.C.C.C.C.C.N=C=O.N=C=O.OCCO. The minimum absolute atomic E-state index is 0. The minimum atomic E-state index is -0.125.